The molecule has 21 heavy (non-hydrogen) atoms. The zero-order valence-corrected chi connectivity index (χ0v) is 11.3. The Kier molecular flexibility index (Phi) is 4.00. The van der Waals surface area contributed by atoms with Crippen molar-refractivity contribution in [3.8, 4) is 17.4 Å². The van der Waals surface area contributed by atoms with Gasteiger partial charge < -0.3 is 10.2 Å². The van der Waals surface area contributed by atoms with Crippen molar-refractivity contribution in [1.29, 1.82) is 5.26 Å². The van der Waals surface area contributed by atoms with Crippen LogP contribution in [0.25, 0.3) is 17.4 Å². The van der Waals surface area contributed by atoms with E-state index in [1.165, 1.54) is 13.0 Å². The normalized spacial score (nSPS) is 11.0. The maximum Gasteiger partial charge on any atom is 0.259 e. The molecule has 0 aliphatic carbocycles. The highest BCUT2D eigenvalue weighted by atomic mass is 16.3. The first-order chi connectivity index (χ1) is 10.0. The van der Waals surface area contributed by atoms with Gasteiger partial charge in [-0.1, -0.05) is 24.3 Å². The minimum atomic E-state index is -0.804. The Morgan fingerprint density at radius 2 is 1.86 bits per heavy atom. The number of hydrogen-bond donors (Lipinski definition) is 1. The molecule has 0 spiro atoms. The van der Waals surface area contributed by atoms with Crippen LogP contribution < -0.4 is 5.73 Å². The smallest absolute Gasteiger partial charge is 0.259 e. The molecular formula is C16H12N2O3. The van der Waals surface area contributed by atoms with E-state index in [1.807, 2.05) is 0 Å². The summed E-state index contributed by atoms with van der Waals surface area (Å²) in [5, 5.41) is 8.77. The van der Waals surface area contributed by atoms with Gasteiger partial charge in [-0.25, -0.2) is 0 Å². The van der Waals surface area contributed by atoms with Gasteiger partial charge in [0.2, 0.25) is 0 Å². The largest absolute Gasteiger partial charge is 0.457 e. The minimum absolute atomic E-state index is 0.00950. The van der Waals surface area contributed by atoms with E-state index in [4.69, 9.17) is 15.4 Å². The quantitative estimate of drug-likeness (QED) is 0.528. The van der Waals surface area contributed by atoms with Gasteiger partial charge in [0, 0.05) is 17.2 Å². The fraction of sp³-hybridized carbons (Fsp3) is 0.0625. The molecule has 1 aromatic carbocycles. The number of carbonyl (C=O) groups excluding carboxylic acids is 2. The van der Waals surface area contributed by atoms with Crippen LogP contribution in [0.5, 0.6) is 0 Å². The van der Waals surface area contributed by atoms with Gasteiger partial charge in [0.05, 0.1) is 0 Å². The van der Waals surface area contributed by atoms with E-state index in [0.29, 0.717) is 17.1 Å². The van der Waals surface area contributed by atoms with Crippen molar-refractivity contribution in [3.63, 3.8) is 0 Å². The maximum absolute atomic E-state index is 11.2. The standard InChI is InChI=1S/C16H12N2O3/c1-10(19)11-2-4-12(5-3-11)15-7-6-14(21-15)8-13(9-17)16(18)20/h2-8H,1H3,(H2,18,20)/b13-8+. The number of amides is 1. The average Bonchev–Trinajstić information content (AvgIpc) is 2.93. The average molecular weight is 280 g/mol. The molecule has 5 nitrogen and oxygen atoms in total. The summed E-state index contributed by atoms with van der Waals surface area (Å²) in [4.78, 5) is 22.2. The molecule has 1 aromatic heterocycles. The van der Waals surface area contributed by atoms with Crippen LogP contribution in [0.2, 0.25) is 0 Å². The maximum atomic E-state index is 11.2. The molecule has 5 heteroatoms. The first-order valence-electron chi connectivity index (χ1n) is 6.14. The van der Waals surface area contributed by atoms with Crippen LogP contribution in [0.3, 0.4) is 0 Å². The van der Waals surface area contributed by atoms with Crippen LogP contribution in [0.15, 0.2) is 46.4 Å². The fourth-order valence-electron chi connectivity index (χ4n) is 1.76. The van der Waals surface area contributed by atoms with Crippen molar-refractivity contribution in [2.24, 2.45) is 5.73 Å². The summed E-state index contributed by atoms with van der Waals surface area (Å²) in [5.41, 5.74) is 6.28. The van der Waals surface area contributed by atoms with E-state index < -0.39 is 5.91 Å². The van der Waals surface area contributed by atoms with Crippen LogP contribution >= 0.6 is 0 Å². The predicted octanol–water partition coefficient (Wildman–Crippen LogP) is 2.54. The fourth-order valence-corrected chi connectivity index (χ4v) is 1.76. The summed E-state index contributed by atoms with van der Waals surface area (Å²) in [6.45, 7) is 1.50. The summed E-state index contributed by atoms with van der Waals surface area (Å²) >= 11 is 0. The molecule has 0 aliphatic heterocycles. The van der Waals surface area contributed by atoms with Crippen molar-refractivity contribution in [1.82, 2.24) is 0 Å². The summed E-state index contributed by atoms with van der Waals surface area (Å²) in [6, 6.07) is 12.0. The van der Waals surface area contributed by atoms with E-state index in [2.05, 4.69) is 0 Å². The van der Waals surface area contributed by atoms with Gasteiger partial charge in [0.25, 0.3) is 5.91 Å². The molecule has 2 aromatic rings. The van der Waals surface area contributed by atoms with Gasteiger partial charge in [-0.05, 0) is 19.1 Å². The molecule has 0 radical (unpaired) electrons. The van der Waals surface area contributed by atoms with Gasteiger partial charge in [-0.3, -0.25) is 9.59 Å². The number of ketones is 1. The number of Topliss-reactive ketones (excluding diaryl/α,β-unsaturated/α-hetero) is 1. The summed E-state index contributed by atoms with van der Waals surface area (Å²) in [6.07, 6.45) is 1.29. The Balaban J connectivity index is 2.30. The van der Waals surface area contributed by atoms with Crippen LogP contribution in [-0.4, -0.2) is 11.7 Å². The highest BCUT2D eigenvalue weighted by Gasteiger charge is 2.08. The third-order valence-corrected chi connectivity index (χ3v) is 2.88. The number of primary amides is 1. The molecule has 104 valence electrons. The second-order valence-corrected chi connectivity index (χ2v) is 4.37. The van der Waals surface area contributed by atoms with Crippen molar-refractivity contribution < 1.29 is 14.0 Å². The Morgan fingerprint density at radius 1 is 1.19 bits per heavy atom. The molecule has 1 heterocycles. The number of carbonyl (C=O) groups is 2. The molecule has 2 N–H and O–H groups in total. The second kappa shape index (κ2) is 5.88. The van der Waals surface area contributed by atoms with E-state index in [-0.39, 0.29) is 11.4 Å². The third-order valence-electron chi connectivity index (χ3n) is 2.88. The lowest BCUT2D eigenvalue weighted by atomic mass is 10.1. The first-order valence-corrected chi connectivity index (χ1v) is 6.14. The van der Waals surface area contributed by atoms with E-state index in [9.17, 15) is 9.59 Å². The zero-order valence-electron chi connectivity index (χ0n) is 11.3. The number of benzene rings is 1. The lowest BCUT2D eigenvalue weighted by Crippen LogP contribution is -2.12. The highest BCUT2D eigenvalue weighted by molar-refractivity contribution is 6.00. The number of furan rings is 1. The highest BCUT2D eigenvalue weighted by Crippen LogP contribution is 2.23. The van der Waals surface area contributed by atoms with Crippen LogP contribution in [0.1, 0.15) is 23.0 Å². The Labute approximate surface area is 121 Å². The SMILES string of the molecule is CC(=O)c1ccc(-c2ccc(/C=C(\C#N)C(N)=O)o2)cc1. The molecule has 2 rings (SSSR count). The lowest BCUT2D eigenvalue weighted by Gasteiger charge is -1.99. The van der Waals surface area contributed by atoms with E-state index in [0.717, 1.165) is 5.56 Å². The molecular weight excluding hydrogens is 268 g/mol. The second-order valence-electron chi connectivity index (χ2n) is 4.37. The lowest BCUT2D eigenvalue weighted by molar-refractivity contribution is -0.114. The van der Waals surface area contributed by atoms with Gasteiger partial charge >= 0.3 is 0 Å². The molecule has 0 saturated heterocycles. The molecule has 0 atom stereocenters. The molecule has 0 aliphatic rings. The topological polar surface area (TPSA) is 97.1 Å². The predicted molar refractivity (Wildman–Crippen MR) is 76.9 cm³/mol. The van der Waals surface area contributed by atoms with Crippen molar-refractivity contribution >= 4 is 17.8 Å². The monoisotopic (exact) mass is 280 g/mol. The number of nitriles is 1. The third kappa shape index (κ3) is 3.25. The number of nitrogens with two attached hydrogens (primary N) is 1. The van der Waals surface area contributed by atoms with Crippen molar-refractivity contribution in [2.75, 3.05) is 0 Å². The minimum Gasteiger partial charge on any atom is -0.457 e. The summed E-state index contributed by atoms with van der Waals surface area (Å²) < 4.78 is 5.53. The van der Waals surface area contributed by atoms with E-state index >= 15 is 0 Å². The molecule has 0 fully saturated rings. The molecule has 0 bridgehead atoms. The van der Waals surface area contributed by atoms with Crippen molar-refractivity contribution in [3.05, 3.63) is 53.3 Å². The Morgan fingerprint density at radius 3 is 2.38 bits per heavy atom. The van der Waals surface area contributed by atoms with Crippen LogP contribution in [-0.2, 0) is 4.79 Å². The van der Waals surface area contributed by atoms with Crippen LogP contribution in [0, 0.1) is 11.3 Å². The Bertz CT molecular complexity index is 762. The first kappa shape index (κ1) is 14.3. The van der Waals surface area contributed by atoms with Crippen molar-refractivity contribution in [2.45, 2.75) is 6.92 Å². The number of rotatable bonds is 4. The van der Waals surface area contributed by atoms with Gasteiger partial charge in [0.1, 0.15) is 23.2 Å². The zero-order chi connectivity index (χ0) is 15.4. The molecule has 1 amide bonds. The Hall–Kier alpha value is -3.13. The van der Waals surface area contributed by atoms with Gasteiger partial charge in [-0.15, -0.1) is 0 Å². The van der Waals surface area contributed by atoms with Gasteiger partial charge in [-0.2, -0.15) is 5.26 Å². The van der Waals surface area contributed by atoms with Gasteiger partial charge in [0.15, 0.2) is 5.78 Å². The molecule has 0 saturated carbocycles. The van der Waals surface area contributed by atoms with Crippen LogP contribution in [0.4, 0.5) is 0 Å². The summed E-state index contributed by atoms with van der Waals surface area (Å²) in [5.74, 6) is 0.111. The summed E-state index contributed by atoms with van der Waals surface area (Å²) in [7, 11) is 0. The number of nitrogens with zero attached hydrogens (tertiary/aromatic N) is 1. The molecule has 0 unspecified atom stereocenters. The number of hydrogen-bond acceptors (Lipinski definition) is 4. The van der Waals surface area contributed by atoms with E-state index in [1.54, 1.807) is 42.5 Å².